The van der Waals surface area contributed by atoms with Crippen LogP contribution in [0.4, 0.5) is 16.0 Å². The summed E-state index contributed by atoms with van der Waals surface area (Å²) < 4.78 is 13.8. The second-order valence-electron chi connectivity index (χ2n) is 10.3. The molecule has 3 heterocycles. The van der Waals surface area contributed by atoms with Crippen LogP contribution in [0.5, 0.6) is 0 Å². The van der Waals surface area contributed by atoms with E-state index in [9.17, 15) is 14.3 Å². The number of halogens is 2. The first kappa shape index (κ1) is 29.4. The maximum absolute atomic E-state index is 13.8. The van der Waals surface area contributed by atoms with Gasteiger partial charge in [-0.25, -0.2) is 14.4 Å². The Morgan fingerprint density at radius 1 is 1.23 bits per heavy atom. The van der Waals surface area contributed by atoms with E-state index in [1.54, 1.807) is 13.0 Å². The Morgan fingerprint density at radius 2 is 1.97 bits per heavy atom. The van der Waals surface area contributed by atoms with Crippen molar-refractivity contribution in [3.63, 3.8) is 0 Å². The number of rotatable bonds is 9. The molecule has 1 aromatic carbocycles. The first-order valence-electron chi connectivity index (χ1n) is 13.6. The van der Waals surface area contributed by atoms with Crippen LogP contribution in [-0.2, 0) is 0 Å². The number of hydrogen-bond acceptors (Lipinski definition) is 9. The molecule has 2 fully saturated rings. The average molecular weight is 564 g/mol. The van der Waals surface area contributed by atoms with Gasteiger partial charge in [0.2, 0.25) is 0 Å². The number of carbonyl (C=O) groups excluding carboxylic acids is 1. The maximum Gasteiger partial charge on any atom is 0.273 e. The maximum atomic E-state index is 13.8. The number of nitrogens with zero attached hydrogens (tertiary/aromatic N) is 5. The Labute approximate surface area is 234 Å². The third kappa shape index (κ3) is 6.60. The number of aryl methyl sites for hydroxylation is 1. The van der Waals surface area contributed by atoms with Gasteiger partial charge in [-0.05, 0) is 43.4 Å². The number of carbonyl (C=O) groups is 1. The summed E-state index contributed by atoms with van der Waals surface area (Å²) in [7, 11) is 0. The molecule has 0 spiro atoms. The lowest BCUT2D eigenvalue weighted by atomic mass is 9.95. The van der Waals surface area contributed by atoms with Crippen LogP contribution >= 0.6 is 11.6 Å². The molecule has 2 aliphatic rings. The van der Waals surface area contributed by atoms with Crippen molar-refractivity contribution in [1.82, 2.24) is 25.1 Å². The average Bonchev–Trinajstić information content (AvgIpc) is 2.95. The Kier molecular flexibility index (Phi) is 9.95. The van der Waals surface area contributed by atoms with E-state index in [1.165, 1.54) is 6.07 Å². The van der Waals surface area contributed by atoms with Crippen LogP contribution < -0.4 is 16.0 Å². The van der Waals surface area contributed by atoms with Crippen molar-refractivity contribution >= 4 is 29.1 Å². The van der Waals surface area contributed by atoms with Crippen LogP contribution in [0.15, 0.2) is 18.2 Å². The number of hydrogen-bond donors (Lipinski definition) is 4. The molecular formula is C27H39ClFN7O3. The Morgan fingerprint density at radius 3 is 2.62 bits per heavy atom. The highest BCUT2D eigenvalue weighted by Gasteiger charge is 2.35. The van der Waals surface area contributed by atoms with Crippen LogP contribution in [-0.4, -0.2) is 100 Å². The summed E-state index contributed by atoms with van der Waals surface area (Å²) in [6.07, 6.45) is 2.92. The molecule has 0 radical (unpaired) electrons. The van der Waals surface area contributed by atoms with Gasteiger partial charge in [0.05, 0.1) is 19.3 Å². The largest absolute Gasteiger partial charge is 0.395 e. The zero-order valence-corrected chi connectivity index (χ0v) is 23.4. The molecular weight excluding hydrogens is 525 g/mol. The number of aliphatic hydroxyl groups is 2. The third-order valence-corrected chi connectivity index (χ3v) is 8.18. The minimum absolute atomic E-state index is 0.00118. The number of amides is 1. The SMILES string of the molecule is CC[C@H]1CN(c2nc(N)c(C(=O)NCCO)nc2Cl)CCN1C1CCN([C@@H](CO)c2ccc(F)c(C)c2)CC1. The van der Waals surface area contributed by atoms with Crippen molar-refractivity contribution in [3.05, 3.63) is 46.0 Å². The highest BCUT2D eigenvalue weighted by atomic mass is 35.5. The molecule has 0 unspecified atom stereocenters. The van der Waals surface area contributed by atoms with E-state index in [2.05, 4.69) is 36.9 Å². The molecule has 1 amide bonds. The van der Waals surface area contributed by atoms with Crippen molar-refractivity contribution in [1.29, 1.82) is 0 Å². The lowest BCUT2D eigenvalue weighted by Crippen LogP contribution is -2.58. The van der Waals surface area contributed by atoms with Crippen molar-refractivity contribution in [2.45, 2.75) is 51.2 Å². The van der Waals surface area contributed by atoms with E-state index in [4.69, 9.17) is 22.4 Å². The number of aromatic nitrogens is 2. The normalized spacial score (nSPS) is 20.3. The molecule has 10 nitrogen and oxygen atoms in total. The minimum atomic E-state index is -0.525. The molecule has 2 atom stereocenters. The number of piperidine rings is 1. The Bertz CT molecular complexity index is 1150. The fourth-order valence-corrected chi connectivity index (χ4v) is 6.03. The van der Waals surface area contributed by atoms with Gasteiger partial charge < -0.3 is 26.2 Å². The van der Waals surface area contributed by atoms with Gasteiger partial charge in [-0.15, -0.1) is 0 Å². The lowest BCUT2D eigenvalue weighted by Gasteiger charge is -2.48. The highest BCUT2D eigenvalue weighted by Crippen LogP contribution is 2.32. The Balaban J connectivity index is 1.39. The van der Waals surface area contributed by atoms with Gasteiger partial charge in [-0.2, -0.15) is 0 Å². The summed E-state index contributed by atoms with van der Waals surface area (Å²) in [5.41, 5.74) is 7.55. The highest BCUT2D eigenvalue weighted by molar-refractivity contribution is 6.32. The van der Waals surface area contributed by atoms with Crippen molar-refractivity contribution in [3.8, 4) is 0 Å². The number of benzene rings is 1. The van der Waals surface area contributed by atoms with Crippen molar-refractivity contribution < 1.29 is 19.4 Å². The fourth-order valence-electron chi connectivity index (χ4n) is 5.78. The fraction of sp³-hybridized carbons (Fsp3) is 0.593. The summed E-state index contributed by atoms with van der Waals surface area (Å²) >= 11 is 6.46. The summed E-state index contributed by atoms with van der Waals surface area (Å²) in [6, 6.07) is 5.67. The quantitative estimate of drug-likeness (QED) is 0.362. The molecule has 2 aromatic rings. The summed E-state index contributed by atoms with van der Waals surface area (Å²) in [5.74, 6) is -0.278. The smallest absolute Gasteiger partial charge is 0.273 e. The predicted molar refractivity (Wildman–Crippen MR) is 149 cm³/mol. The van der Waals surface area contributed by atoms with E-state index in [0.717, 1.165) is 44.5 Å². The van der Waals surface area contributed by atoms with Gasteiger partial charge in [-0.1, -0.05) is 30.7 Å². The molecule has 2 aliphatic heterocycles. The van der Waals surface area contributed by atoms with E-state index in [-0.39, 0.29) is 54.3 Å². The molecule has 5 N–H and O–H groups in total. The van der Waals surface area contributed by atoms with E-state index in [1.807, 2.05) is 6.07 Å². The van der Waals surface area contributed by atoms with E-state index >= 15 is 0 Å². The summed E-state index contributed by atoms with van der Waals surface area (Å²) in [5, 5.41) is 21.7. The number of anilines is 2. The lowest BCUT2D eigenvalue weighted by molar-refractivity contribution is 0.0356. The molecule has 0 bridgehead atoms. The van der Waals surface area contributed by atoms with Gasteiger partial charge >= 0.3 is 0 Å². The van der Waals surface area contributed by atoms with E-state index < -0.39 is 5.91 Å². The molecule has 2 saturated heterocycles. The minimum Gasteiger partial charge on any atom is -0.395 e. The van der Waals surface area contributed by atoms with Crippen molar-refractivity contribution in [2.24, 2.45) is 0 Å². The number of piperazine rings is 1. The van der Waals surface area contributed by atoms with Crippen LogP contribution in [0.2, 0.25) is 5.15 Å². The molecule has 1 aromatic heterocycles. The second kappa shape index (κ2) is 13.2. The number of likely N-dealkylation sites (tertiary alicyclic amines) is 1. The molecule has 214 valence electrons. The van der Waals surface area contributed by atoms with Crippen LogP contribution in [0.25, 0.3) is 0 Å². The van der Waals surface area contributed by atoms with Gasteiger partial charge in [0.1, 0.15) is 5.82 Å². The first-order chi connectivity index (χ1) is 18.8. The number of aliphatic hydroxyl groups excluding tert-OH is 2. The summed E-state index contributed by atoms with van der Waals surface area (Å²) in [4.78, 5) is 27.9. The topological polar surface area (TPSA) is 131 Å². The van der Waals surface area contributed by atoms with Crippen LogP contribution in [0.1, 0.15) is 53.8 Å². The standard InChI is InChI=1S/C27H39ClFN7O3/c1-3-19-15-35(26-24(28)32-23(25(30)33-26)27(39)31-8-13-37)11-12-36(19)20-6-9-34(10-7-20)22(16-38)18-4-5-21(29)17(2)14-18/h4-5,14,19-20,22,37-38H,3,6-13,15-16H2,1-2H3,(H2,30,33)(H,31,39)/t19-,22-/m0/s1. The van der Waals surface area contributed by atoms with Gasteiger partial charge in [-0.3, -0.25) is 14.6 Å². The number of nitrogens with one attached hydrogen (secondary N) is 1. The first-order valence-corrected chi connectivity index (χ1v) is 14.0. The predicted octanol–water partition coefficient (Wildman–Crippen LogP) is 1.98. The van der Waals surface area contributed by atoms with Gasteiger partial charge in [0.25, 0.3) is 5.91 Å². The van der Waals surface area contributed by atoms with Crippen LogP contribution in [0, 0.1) is 12.7 Å². The zero-order chi connectivity index (χ0) is 28.1. The zero-order valence-electron chi connectivity index (χ0n) is 22.6. The van der Waals surface area contributed by atoms with Crippen LogP contribution in [0.3, 0.4) is 0 Å². The molecule has 0 aliphatic carbocycles. The van der Waals surface area contributed by atoms with E-state index in [0.29, 0.717) is 30.5 Å². The van der Waals surface area contributed by atoms with Gasteiger partial charge in [0, 0.05) is 51.4 Å². The molecule has 0 saturated carbocycles. The molecule has 4 rings (SSSR count). The second-order valence-corrected chi connectivity index (χ2v) is 10.6. The molecule has 39 heavy (non-hydrogen) atoms. The monoisotopic (exact) mass is 563 g/mol. The van der Waals surface area contributed by atoms with Crippen molar-refractivity contribution in [2.75, 3.05) is 63.1 Å². The Hall–Kier alpha value is -2.57. The number of nitrogen functional groups attached to an aromatic ring is 1. The number of nitrogens with two attached hydrogens (primary N) is 1. The van der Waals surface area contributed by atoms with Gasteiger partial charge in [0.15, 0.2) is 22.5 Å². The molecule has 12 heteroatoms. The third-order valence-electron chi connectivity index (χ3n) is 7.92. The summed E-state index contributed by atoms with van der Waals surface area (Å²) in [6.45, 7) is 7.79.